The zero-order valence-electron chi connectivity index (χ0n) is 14.0. The lowest BCUT2D eigenvalue weighted by atomic mass is 10.0. The highest BCUT2D eigenvalue weighted by Crippen LogP contribution is 2.33. The second-order valence-corrected chi connectivity index (χ2v) is 5.62. The van der Waals surface area contributed by atoms with E-state index in [-0.39, 0.29) is 17.5 Å². The van der Waals surface area contributed by atoms with Crippen molar-refractivity contribution in [2.45, 2.75) is 20.8 Å². The quantitative estimate of drug-likeness (QED) is 0.689. The van der Waals surface area contributed by atoms with Crippen LogP contribution in [-0.4, -0.2) is 18.1 Å². The van der Waals surface area contributed by atoms with Crippen LogP contribution in [0.5, 0.6) is 11.5 Å². The summed E-state index contributed by atoms with van der Waals surface area (Å²) in [4.78, 5) is 26.3. The van der Waals surface area contributed by atoms with Crippen molar-refractivity contribution in [1.29, 1.82) is 5.26 Å². The van der Waals surface area contributed by atoms with E-state index in [1.165, 1.54) is 7.11 Å². The number of aromatic amines is 1. The van der Waals surface area contributed by atoms with Gasteiger partial charge in [-0.15, -0.1) is 0 Å². The second kappa shape index (κ2) is 7.01. The summed E-state index contributed by atoms with van der Waals surface area (Å²) in [6, 6.07) is 8.54. The van der Waals surface area contributed by atoms with Crippen LogP contribution in [0.4, 0.5) is 0 Å². The molecule has 1 N–H and O–H groups in total. The summed E-state index contributed by atoms with van der Waals surface area (Å²) >= 11 is 0. The molecular formula is C18H18N2O4. The van der Waals surface area contributed by atoms with Crippen LogP contribution < -0.4 is 15.0 Å². The number of nitrogens with zero attached hydrogens (tertiary/aromatic N) is 1. The van der Waals surface area contributed by atoms with E-state index >= 15 is 0 Å². The molecule has 124 valence electrons. The fourth-order valence-corrected chi connectivity index (χ4v) is 2.17. The number of esters is 1. The molecule has 0 bridgehead atoms. The van der Waals surface area contributed by atoms with Crippen molar-refractivity contribution in [3.05, 3.63) is 45.9 Å². The van der Waals surface area contributed by atoms with E-state index in [0.29, 0.717) is 28.3 Å². The van der Waals surface area contributed by atoms with E-state index in [0.717, 1.165) is 0 Å². The van der Waals surface area contributed by atoms with Crippen molar-refractivity contribution < 1.29 is 14.3 Å². The van der Waals surface area contributed by atoms with Crippen LogP contribution >= 0.6 is 0 Å². The van der Waals surface area contributed by atoms with E-state index in [1.807, 2.05) is 6.07 Å². The van der Waals surface area contributed by atoms with Crippen LogP contribution in [0.1, 0.15) is 25.1 Å². The van der Waals surface area contributed by atoms with E-state index in [9.17, 15) is 14.9 Å². The molecule has 6 nitrogen and oxygen atoms in total. The molecule has 0 saturated heterocycles. The zero-order valence-corrected chi connectivity index (χ0v) is 14.0. The van der Waals surface area contributed by atoms with E-state index in [1.54, 1.807) is 45.0 Å². The minimum absolute atomic E-state index is 0.0228. The van der Waals surface area contributed by atoms with Gasteiger partial charge in [-0.25, -0.2) is 0 Å². The number of carbonyl (C=O) groups is 1. The Balaban J connectivity index is 2.54. The monoisotopic (exact) mass is 326 g/mol. The number of ether oxygens (including phenoxy) is 2. The molecular weight excluding hydrogens is 308 g/mol. The summed E-state index contributed by atoms with van der Waals surface area (Å²) in [6.45, 7) is 5.21. The molecule has 6 heteroatoms. The number of aryl methyl sites for hydroxylation is 1. The first-order valence-corrected chi connectivity index (χ1v) is 7.41. The average Bonchev–Trinajstić information content (AvgIpc) is 2.54. The van der Waals surface area contributed by atoms with Gasteiger partial charge in [0.1, 0.15) is 11.6 Å². The van der Waals surface area contributed by atoms with Gasteiger partial charge in [-0.3, -0.25) is 9.59 Å². The summed E-state index contributed by atoms with van der Waals surface area (Å²) < 4.78 is 10.6. The van der Waals surface area contributed by atoms with Gasteiger partial charge in [-0.1, -0.05) is 19.9 Å². The number of carbonyl (C=O) groups excluding carboxylic acids is 1. The Hall–Kier alpha value is -3.07. The number of methoxy groups -OCH3 is 1. The smallest absolute Gasteiger partial charge is 0.313 e. The summed E-state index contributed by atoms with van der Waals surface area (Å²) in [7, 11) is 1.46. The lowest BCUT2D eigenvalue weighted by Gasteiger charge is -2.13. The molecule has 0 saturated carbocycles. The third-order valence-electron chi connectivity index (χ3n) is 3.44. The molecule has 24 heavy (non-hydrogen) atoms. The summed E-state index contributed by atoms with van der Waals surface area (Å²) in [5, 5.41) is 9.24. The summed E-state index contributed by atoms with van der Waals surface area (Å²) in [6.07, 6.45) is 0. The van der Waals surface area contributed by atoms with Crippen molar-refractivity contribution in [3.63, 3.8) is 0 Å². The number of benzene rings is 1. The Morgan fingerprint density at radius 3 is 2.54 bits per heavy atom. The normalized spacial score (nSPS) is 10.3. The van der Waals surface area contributed by atoms with E-state index in [2.05, 4.69) is 4.98 Å². The molecule has 0 aliphatic heterocycles. The first-order valence-electron chi connectivity index (χ1n) is 7.41. The summed E-state index contributed by atoms with van der Waals surface area (Å²) in [5.41, 5.74) is 1.35. The Kier molecular flexibility index (Phi) is 5.05. The number of H-pyrrole nitrogens is 1. The van der Waals surface area contributed by atoms with Gasteiger partial charge < -0.3 is 14.5 Å². The highest BCUT2D eigenvalue weighted by Gasteiger charge is 2.16. The number of nitriles is 1. The molecule has 0 aliphatic rings. The number of aromatic nitrogens is 1. The van der Waals surface area contributed by atoms with Crippen LogP contribution in [0.2, 0.25) is 0 Å². The molecule has 0 radical (unpaired) electrons. The molecule has 0 spiro atoms. The number of pyridine rings is 1. The van der Waals surface area contributed by atoms with Gasteiger partial charge in [0.2, 0.25) is 0 Å². The Morgan fingerprint density at radius 2 is 1.96 bits per heavy atom. The van der Waals surface area contributed by atoms with Gasteiger partial charge in [0.15, 0.2) is 11.5 Å². The molecule has 1 aromatic carbocycles. The average molecular weight is 326 g/mol. The van der Waals surface area contributed by atoms with Gasteiger partial charge in [-0.2, -0.15) is 5.26 Å². The van der Waals surface area contributed by atoms with Crippen molar-refractivity contribution in [2.75, 3.05) is 7.11 Å². The minimum atomic E-state index is -0.443. The first-order chi connectivity index (χ1) is 11.4. The molecule has 1 aromatic heterocycles. The van der Waals surface area contributed by atoms with E-state index in [4.69, 9.17) is 9.47 Å². The van der Waals surface area contributed by atoms with Crippen LogP contribution in [0.15, 0.2) is 29.1 Å². The van der Waals surface area contributed by atoms with Gasteiger partial charge in [0.05, 0.1) is 13.0 Å². The number of nitrogens with one attached hydrogen (secondary N) is 1. The predicted molar refractivity (Wildman–Crippen MR) is 89.0 cm³/mol. The molecule has 0 atom stereocenters. The number of rotatable bonds is 4. The molecule has 0 aliphatic carbocycles. The lowest BCUT2D eigenvalue weighted by Crippen LogP contribution is -2.15. The Bertz CT molecular complexity index is 876. The van der Waals surface area contributed by atoms with Crippen molar-refractivity contribution >= 4 is 5.97 Å². The van der Waals surface area contributed by atoms with Crippen LogP contribution in [0, 0.1) is 24.2 Å². The maximum absolute atomic E-state index is 11.9. The van der Waals surface area contributed by atoms with Crippen LogP contribution in [0.3, 0.4) is 0 Å². The Labute approximate surface area is 139 Å². The minimum Gasteiger partial charge on any atom is -0.493 e. The van der Waals surface area contributed by atoms with Crippen molar-refractivity contribution in [3.8, 4) is 28.7 Å². The second-order valence-electron chi connectivity index (χ2n) is 5.62. The SMILES string of the molecule is COc1cc(-c2cc(C)[nH]c(=O)c2C#N)ccc1OC(=O)C(C)C. The molecule has 0 unspecified atom stereocenters. The van der Waals surface area contributed by atoms with Gasteiger partial charge in [0.25, 0.3) is 5.56 Å². The highest BCUT2D eigenvalue weighted by molar-refractivity contribution is 5.77. The highest BCUT2D eigenvalue weighted by atomic mass is 16.6. The Morgan fingerprint density at radius 1 is 1.25 bits per heavy atom. The van der Waals surface area contributed by atoms with Gasteiger partial charge in [-0.05, 0) is 30.7 Å². The molecule has 0 amide bonds. The van der Waals surface area contributed by atoms with Crippen molar-refractivity contribution in [1.82, 2.24) is 4.98 Å². The van der Waals surface area contributed by atoms with Gasteiger partial charge in [0, 0.05) is 11.3 Å². The molecule has 2 aromatic rings. The molecule has 0 fully saturated rings. The lowest BCUT2D eigenvalue weighted by molar-refractivity contribution is -0.137. The fraction of sp³-hybridized carbons (Fsp3) is 0.278. The largest absolute Gasteiger partial charge is 0.493 e. The maximum Gasteiger partial charge on any atom is 0.313 e. The molecule has 1 heterocycles. The van der Waals surface area contributed by atoms with Gasteiger partial charge >= 0.3 is 5.97 Å². The number of hydrogen-bond acceptors (Lipinski definition) is 5. The van der Waals surface area contributed by atoms with E-state index < -0.39 is 5.56 Å². The van der Waals surface area contributed by atoms with Crippen molar-refractivity contribution in [2.24, 2.45) is 5.92 Å². The third kappa shape index (κ3) is 3.46. The topological polar surface area (TPSA) is 92.2 Å². The molecule has 2 rings (SSSR count). The standard InChI is InChI=1S/C18H18N2O4/c1-10(2)18(22)24-15-6-5-12(8-16(15)23-4)13-7-11(3)20-17(21)14(13)9-19/h5-8,10H,1-4H3,(H,20,21). The van der Waals surface area contributed by atoms with Crippen LogP contribution in [0.25, 0.3) is 11.1 Å². The maximum atomic E-state index is 11.9. The van der Waals surface area contributed by atoms with Crippen LogP contribution in [-0.2, 0) is 4.79 Å². The zero-order chi connectivity index (χ0) is 17.9. The first kappa shape index (κ1) is 17.3. The number of hydrogen-bond donors (Lipinski definition) is 1. The predicted octanol–water partition coefficient (Wildman–Crippen LogP) is 2.79. The third-order valence-corrected chi connectivity index (χ3v) is 3.44. The fourth-order valence-electron chi connectivity index (χ4n) is 2.17. The summed E-state index contributed by atoms with van der Waals surface area (Å²) in [5.74, 6) is 0.00372.